The van der Waals surface area contributed by atoms with Gasteiger partial charge in [-0.2, -0.15) is 0 Å². The van der Waals surface area contributed by atoms with Crippen LogP contribution in [0, 0.1) is 12.5 Å². The van der Waals surface area contributed by atoms with Crippen molar-refractivity contribution in [3.8, 4) is 0 Å². The molecular weight excluding hydrogens is 292 g/mol. The molecule has 2 fully saturated rings. The molecule has 2 aliphatic rings. The number of aromatic nitrogens is 3. The van der Waals surface area contributed by atoms with Crippen LogP contribution in [-0.2, 0) is 4.79 Å². The molecule has 4 rings (SSSR count). The predicted molar refractivity (Wildman–Crippen MR) is 85.8 cm³/mol. The minimum absolute atomic E-state index is 0.0468. The van der Waals surface area contributed by atoms with Gasteiger partial charge in [0.2, 0.25) is 0 Å². The number of aromatic amines is 1. The van der Waals surface area contributed by atoms with Gasteiger partial charge in [-0.1, -0.05) is 6.92 Å². The van der Waals surface area contributed by atoms with Gasteiger partial charge in [0.25, 0.3) is 6.54 Å². The Balaban J connectivity index is 1.62. The first kappa shape index (κ1) is 14.0. The van der Waals surface area contributed by atoms with Crippen molar-refractivity contribution in [3.05, 3.63) is 30.0 Å². The lowest BCUT2D eigenvalue weighted by molar-refractivity contribution is -0.151. The molecule has 1 amide bonds. The van der Waals surface area contributed by atoms with E-state index >= 15 is 0 Å². The first-order valence-electron chi connectivity index (χ1n) is 7.82. The van der Waals surface area contributed by atoms with E-state index in [9.17, 15) is 4.79 Å². The lowest BCUT2D eigenvalue weighted by Crippen LogP contribution is -2.69. The van der Waals surface area contributed by atoms with E-state index in [0.29, 0.717) is 5.92 Å². The van der Waals surface area contributed by atoms with E-state index in [0.717, 1.165) is 42.9 Å². The van der Waals surface area contributed by atoms with Gasteiger partial charge < -0.3 is 19.6 Å². The third-order valence-corrected chi connectivity index (χ3v) is 5.34. The smallest absolute Gasteiger partial charge is 0.303 e. The summed E-state index contributed by atoms with van der Waals surface area (Å²) in [5.74, 6) is 1.32. The molecule has 0 saturated carbocycles. The van der Waals surface area contributed by atoms with Crippen LogP contribution in [-0.4, -0.2) is 57.5 Å². The quantitative estimate of drug-likeness (QED) is 0.849. The van der Waals surface area contributed by atoms with Crippen molar-refractivity contribution < 1.29 is 4.79 Å². The second-order valence-corrected chi connectivity index (χ2v) is 6.43. The van der Waals surface area contributed by atoms with Gasteiger partial charge in [-0.25, -0.2) is 16.5 Å². The maximum Gasteiger partial charge on any atom is 0.303 e. The number of hydrogen-bond donors (Lipinski definition) is 1. The van der Waals surface area contributed by atoms with E-state index in [2.05, 4.69) is 31.6 Å². The average molecular weight is 310 g/mol. The molecule has 1 spiro atoms. The maximum absolute atomic E-state index is 12.2. The van der Waals surface area contributed by atoms with Gasteiger partial charge in [-0.05, 0) is 18.4 Å². The number of hydrogen-bond acceptors (Lipinski definition) is 4. The van der Waals surface area contributed by atoms with Crippen LogP contribution in [0.4, 0.5) is 5.82 Å². The maximum atomic E-state index is 12.2. The van der Waals surface area contributed by atoms with Crippen LogP contribution in [0.1, 0.15) is 13.3 Å². The first-order valence-corrected chi connectivity index (χ1v) is 7.82. The molecule has 0 bridgehead atoms. The number of fused-ring (bicyclic) bond motifs is 1. The Morgan fingerprint density at radius 3 is 3.22 bits per heavy atom. The Labute approximate surface area is 134 Å². The number of nitrogens with zero attached hydrogens (tertiary/aromatic N) is 5. The lowest BCUT2D eigenvalue weighted by atomic mass is 9.74. The van der Waals surface area contributed by atoms with Gasteiger partial charge in [0.05, 0.1) is 10.9 Å². The normalized spacial score (nSPS) is 26.5. The van der Waals surface area contributed by atoms with E-state index in [-0.39, 0.29) is 18.0 Å². The average Bonchev–Trinajstić information content (AvgIpc) is 3.20. The van der Waals surface area contributed by atoms with Crippen molar-refractivity contribution in [2.45, 2.75) is 18.9 Å². The van der Waals surface area contributed by atoms with Gasteiger partial charge in [-0.15, -0.1) is 0 Å². The third kappa shape index (κ3) is 1.91. The summed E-state index contributed by atoms with van der Waals surface area (Å²) in [6.45, 7) is 11.5. The monoisotopic (exact) mass is 310 g/mol. The van der Waals surface area contributed by atoms with Crippen molar-refractivity contribution in [3.63, 3.8) is 0 Å². The number of carbonyl (C=O) groups excluding carboxylic acids is 1. The Morgan fingerprint density at radius 1 is 1.57 bits per heavy atom. The van der Waals surface area contributed by atoms with Crippen LogP contribution in [0.2, 0.25) is 0 Å². The highest BCUT2D eigenvalue weighted by atomic mass is 16.2. The number of anilines is 1. The number of amides is 1. The summed E-state index contributed by atoms with van der Waals surface area (Å²) in [6.07, 6.45) is 4.37. The summed E-state index contributed by atoms with van der Waals surface area (Å²) in [5, 5.41) is 1.01. The molecule has 7 heteroatoms. The van der Waals surface area contributed by atoms with Crippen molar-refractivity contribution in [1.82, 2.24) is 19.9 Å². The molecule has 2 aromatic rings. The van der Waals surface area contributed by atoms with Crippen LogP contribution < -0.4 is 4.90 Å². The first-order chi connectivity index (χ1) is 11.2. The summed E-state index contributed by atoms with van der Waals surface area (Å²) >= 11 is 0. The Morgan fingerprint density at radius 2 is 2.43 bits per heavy atom. The van der Waals surface area contributed by atoms with Crippen LogP contribution >= 0.6 is 0 Å². The number of H-pyrrole nitrogens is 1. The molecule has 4 heterocycles. The third-order valence-electron chi connectivity index (χ3n) is 5.34. The highest BCUT2D eigenvalue weighted by molar-refractivity contribution is 5.88. The van der Waals surface area contributed by atoms with E-state index in [1.54, 1.807) is 6.33 Å². The largest absolute Gasteiger partial charge is 0.353 e. The molecule has 118 valence electrons. The Kier molecular flexibility index (Phi) is 3.01. The number of carbonyl (C=O) groups is 1. The summed E-state index contributed by atoms with van der Waals surface area (Å²) in [5.41, 5.74) is 0.688. The highest BCUT2D eigenvalue weighted by Crippen LogP contribution is 2.45. The van der Waals surface area contributed by atoms with E-state index < -0.39 is 0 Å². The molecule has 7 nitrogen and oxygen atoms in total. The fourth-order valence-electron chi connectivity index (χ4n) is 4.01. The predicted octanol–water partition coefficient (Wildman–Crippen LogP) is 1.30. The Bertz CT molecular complexity index is 808. The topological polar surface area (TPSA) is 69.5 Å². The summed E-state index contributed by atoms with van der Waals surface area (Å²) in [4.78, 5) is 31.4. The lowest BCUT2D eigenvalue weighted by Gasteiger charge is -2.55. The molecule has 2 atom stereocenters. The van der Waals surface area contributed by atoms with Crippen molar-refractivity contribution >= 4 is 22.8 Å². The molecule has 2 aromatic heterocycles. The standard InChI is InChI=1S/C16H18N6O/c1-11-8-22(13(23)7-17-2)16(11)4-6-21(9-16)15-12-3-5-18-14(12)19-10-20-15/h3,5,10-11H,4,6-9H2,1H3,(H,18,19,20)/t11-,16-/m0/s1. The zero-order valence-electron chi connectivity index (χ0n) is 13.0. The molecule has 0 aromatic carbocycles. The fourth-order valence-corrected chi connectivity index (χ4v) is 4.01. The SMILES string of the molecule is [C-]#[N+]CC(=O)N1C[C@H](C)[C@@]12CCN(c1ncnc3[nH]ccc13)C2. The van der Waals surface area contributed by atoms with Crippen molar-refractivity contribution in [1.29, 1.82) is 0 Å². The zero-order chi connectivity index (χ0) is 16.0. The molecule has 23 heavy (non-hydrogen) atoms. The summed E-state index contributed by atoms with van der Waals surface area (Å²) in [7, 11) is 0. The van der Waals surface area contributed by atoms with Crippen LogP contribution in [0.15, 0.2) is 18.6 Å². The minimum Gasteiger partial charge on any atom is -0.353 e. The van der Waals surface area contributed by atoms with Gasteiger partial charge in [-0.3, -0.25) is 4.79 Å². The highest BCUT2D eigenvalue weighted by Gasteiger charge is 2.57. The zero-order valence-corrected chi connectivity index (χ0v) is 13.0. The molecule has 0 unspecified atom stereocenters. The number of likely N-dealkylation sites (tertiary alicyclic amines) is 1. The van der Waals surface area contributed by atoms with Crippen LogP contribution in [0.5, 0.6) is 0 Å². The summed E-state index contributed by atoms with van der Waals surface area (Å²) < 4.78 is 0. The van der Waals surface area contributed by atoms with Crippen molar-refractivity contribution in [2.75, 3.05) is 31.1 Å². The van der Waals surface area contributed by atoms with Crippen LogP contribution in [0.25, 0.3) is 15.9 Å². The molecule has 1 N–H and O–H groups in total. The molecular formula is C16H18N6O. The van der Waals surface area contributed by atoms with Gasteiger partial charge in [0, 0.05) is 25.8 Å². The van der Waals surface area contributed by atoms with Crippen molar-refractivity contribution in [2.24, 2.45) is 5.92 Å². The molecule has 2 saturated heterocycles. The fraction of sp³-hybridized carbons (Fsp3) is 0.500. The summed E-state index contributed by atoms with van der Waals surface area (Å²) in [6, 6.07) is 1.99. The van der Waals surface area contributed by atoms with Gasteiger partial charge >= 0.3 is 5.91 Å². The van der Waals surface area contributed by atoms with Crippen LogP contribution in [0.3, 0.4) is 0 Å². The number of rotatable bonds is 2. The second kappa shape index (κ2) is 4.95. The van der Waals surface area contributed by atoms with E-state index in [1.807, 2.05) is 17.2 Å². The second-order valence-electron chi connectivity index (χ2n) is 6.43. The minimum atomic E-state index is -0.143. The van der Waals surface area contributed by atoms with Gasteiger partial charge in [0.1, 0.15) is 17.8 Å². The molecule has 0 radical (unpaired) electrons. The number of nitrogens with one attached hydrogen (secondary N) is 1. The Hall–Kier alpha value is -2.62. The molecule has 0 aliphatic carbocycles. The van der Waals surface area contributed by atoms with Gasteiger partial charge in [0.15, 0.2) is 0 Å². The van der Waals surface area contributed by atoms with E-state index in [1.165, 1.54) is 0 Å². The molecule has 2 aliphatic heterocycles. The van der Waals surface area contributed by atoms with E-state index in [4.69, 9.17) is 6.57 Å².